The maximum Gasteiger partial charge on any atom is 0.334 e. The lowest BCUT2D eigenvalue weighted by molar-refractivity contribution is -0.160. The van der Waals surface area contributed by atoms with Crippen LogP contribution in [0.4, 0.5) is 11.4 Å². The summed E-state index contributed by atoms with van der Waals surface area (Å²) in [6, 6.07) is 7.62. The van der Waals surface area contributed by atoms with Crippen LogP contribution in [0.25, 0.3) is 0 Å². The van der Waals surface area contributed by atoms with Crippen molar-refractivity contribution >= 4 is 35.1 Å². The highest BCUT2D eigenvalue weighted by Crippen LogP contribution is 2.40. The quantitative estimate of drug-likeness (QED) is 0.304. The predicted octanol–water partition coefficient (Wildman–Crippen LogP) is 2.60. The van der Waals surface area contributed by atoms with Crippen LogP contribution in [-0.2, 0) is 19.1 Å². The van der Waals surface area contributed by atoms with Gasteiger partial charge in [0.25, 0.3) is 24.4 Å². The third kappa shape index (κ3) is 7.45. The van der Waals surface area contributed by atoms with Gasteiger partial charge in [0.2, 0.25) is 0 Å². The molecule has 0 saturated carbocycles. The van der Waals surface area contributed by atoms with Crippen LogP contribution in [0.2, 0.25) is 0 Å². The molecule has 8 aliphatic heterocycles. The smallest absolute Gasteiger partial charge is 0.334 e. The molecule has 14 nitrogen and oxygen atoms in total. The van der Waals surface area contributed by atoms with Crippen molar-refractivity contribution in [3.63, 3.8) is 0 Å². The Morgan fingerprint density at radius 3 is 1.37 bits per heavy atom. The summed E-state index contributed by atoms with van der Waals surface area (Å²) in [5.74, 6) is -0.435. The lowest BCUT2D eigenvalue weighted by atomic mass is 9.84. The van der Waals surface area contributed by atoms with Gasteiger partial charge in [-0.05, 0) is 113 Å². The fourth-order valence-electron chi connectivity index (χ4n) is 8.99. The molecule has 2 N–H and O–H groups in total. The van der Waals surface area contributed by atoms with Crippen LogP contribution in [-0.4, -0.2) is 125 Å². The van der Waals surface area contributed by atoms with E-state index in [1.807, 2.05) is 49.9 Å². The van der Waals surface area contributed by atoms with Gasteiger partial charge < -0.3 is 49.2 Å². The number of nitrogens with one attached hydrogen (secondary N) is 2. The van der Waals surface area contributed by atoms with Crippen molar-refractivity contribution in [2.24, 2.45) is 11.8 Å². The number of benzene rings is 2. The summed E-state index contributed by atoms with van der Waals surface area (Å²) in [5, 5.41) is 6.47. The number of likely N-dealkylation sites (N-methyl/N-ethyl adjacent to an activating group) is 2. The molecule has 8 heterocycles. The monoisotopic (exact) mass is 742 g/mol. The molecule has 14 heteroatoms. The summed E-state index contributed by atoms with van der Waals surface area (Å²) in [4.78, 5) is 61.6. The average Bonchev–Trinajstić information content (AvgIpc) is 3.15. The highest BCUT2D eigenvalue weighted by atomic mass is 16.7. The molecule has 6 fully saturated rings. The van der Waals surface area contributed by atoms with Crippen molar-refractivity contribution in [2.45, 2.75) is 64.2 Å². The van der Waals surface area contributed by atoms with Gasteiger partial charge in [-0.3, -0.25) is 9.59 Å². The second kappa shape index (κ2) is 14.8. The maximum absolute atomic E-state index is 13.6. The highest BCUT2D eigenvalue weighted by Gasteiger charge is 2.38. The van der Waals surface area contributed by atoms with Gasteiger partial charge in [0, 0.05) is 51.4 Å². The van der Waals surface area contributed by atoms with Crippen molar-refractivity contribution < 1.29 is 38.1 Å². The predicted molar refractivity (Wildman–Crippen MR) is 200 cm³/mol. The van der Waals surface area contributed by atoms with E-state index in [1.165, 1.54) is 0 Å². The van der Waals surface area contributed by atoms with Gasteiger partial charge in [-0.2, -0.15) is 0 Å². The van der Waals surface area contributed by atoms with Gasteiger partial charge in [0.1, 0.15) is 0 Å². The van der Waals surface area contributed by atoms with Gasteiger partial charge in [-0.25, -0.2) is 9.59 Å². The normalized spacial score (nSPS) is 29.4. The highest BCUT2D eigenvalue weighted by molar-refractivity contribution is 6.00. The van der Waals surface area contributed by atoms with Crippen LogP contribution in [0.1, 0.15) is 57.5 Å². The number of carbonyl (C=O) groups is 4. The van der Waals surface area contributed by atoms with E-state index in [0.29, 0.717) is 34.5 Å². The molecular formula is C40H50N6O8. The molecule has 0 radical (unpaired) electrons. The minimum Gasteiger partial charge on any atom is -0.450 e. The molecular weight excluding hydrogens is 692 g/mol. The van der Waals surface area contributed by atoms with Gasteiger partial charge >= 0.3 is 11.9 Å². The fraction of sp³-hybridized carbons (Fsp3) is 0.550. The third-order valence-corrected chi connectivity index (χ3v) is 11.9. The summed E-state index contributed by atoms with van der Waals surface area (Å²) in [5.41, 5.74) is 4.07. The van der Waals surface area contributed by atoms with Crippen LogP contribution in [0.3, 0.4) is 0 Å². The Bertz CT molecular complexity index is 1720. The minimum atomic E-state index is -1.03. The second-order valence-corrected chi connectivity index (χ2v) is 15.8. The number of fused-ring (bicyclic) bond motifs is 8. The Hall–Kier alpha value is -4.82. The van der Waals surface area contributed by atoms with Gasteiger partial charge in [0.15, 0.2) is 11.5 Å². The number of carbonyl (C=O) groups excluding carboxylic acids is 4. The Morgan fingerprint density at radius 2 is 1.02 bits per heavy atom. The number of piperidine rings is 6. The second-order valence-electron chi connectivity index (χ2n) is 15.8. The number of anilines is 2. The number of ether oxygens (including phenoxy) is 4. The first-order valence-corrected chi connectivity index (χ1v) is 19.2. The molecule has 6 saturated heterocycles. The third-order valence-electron chi connectivity index (χ3n) is 11.9. The molecule has 4 unspecified atom stereocenters. The van der Waals surface area contributed by atoms with Gasteiger partial charge in [0.05, 0.1) is 35.6 Å². The summed E-state index contributed by atoms with van der Waals surface area (Å²) in [6.45, 7) is 10.3. The molecule has 10 rings (SSSR count). The van der Waals surface area contributed by atoms with E-state index in [4.69, 9.17) is 18.9 Å². The molecule has 4 bridgehead atoms. The van der Waals surface area contributed by atoms with E-state index >= 15 is 0 Å². The van der Waals surface area contributed by atoms with Crippen LogP contribution >= 0.6 is 0 Å². The number of esters is 2. The average molecular weight is 743 g/mol. The van der Waals surface area contributed by atoms with Crippen molar-refractivity contribution in [1.29, 1.82) is 0 Å². The Kier molecular flexibility index (Phi) is 9.90. The molecule has 54 heavy (non-hydrogen) atoms. The first-order valence-electron chi connectivity index (χ1n) is 19.2. The van der Waals surface area contributed by atoms with Crippen molar-refractivity contribution in [3.05, 3.63) is 58.7 Å². The van der Waals surface area contributed by atoms with E-state index < -0.39 is 24.5 Å². The van der Waals surface area contributed by atoms with E-state index in [-0.39, 0.29) is 37.0 Å². The zero-order valence-corrected chi connectivity index (χ0v) is 31.5. The first-order chi connectivity index (χ1) is 26.0. The molecule has 8 aliphatic rings. The minimum absolute atomic E-state index is 0.0794. The van der Waals surface area contributed by atoms with Crippen LogP contribution in [0, 0.1) is 25.7 Å². The molecule has 288 valence electrons. The lowest BCUT2D eigenvalue weighted by Crippen LogP contribution is -2.57. The molecule has 2 aromatic rings. The van der Waals surface area contributed by atoms with E-state index in [9.17, 15) is 19.2 Å². The molecule has 0 spiro atoms. The summed E-state index contributed by atoms with van der Waals surface area (Å²) < 4.78 is 23.5. The summed E-state index contributed by atoms with van der Waals surface area (Å²) >= 11 is 0. The standard InChI is InChI=1S/C40H50N6O8/c1-23-15-27(39(49)41-29-19-45-11-7-25(29)8-12-45)37-31(17-23)43(3)21-35(53-37)51-33(47)5-6-34(48)52-36-22-44(4)32-18-24(2)16-28(38(32)54-36)40(50)42-30-20-46-13-9-26(30)10-14-46/h5-6,15-18,25-26,29-30,35-36H,7-14,19-22H2,1-4H3,(H,41,49)(H,42,50)/b6-5+. The maximum atomic E-state index is 13.6. The number of hydrogen-bond donors (Lipinski definition) is 2. The van der Waals surface area contributed by atoms with E-state index in [1.54, 1.807) is 12.1 Å². The van der Waals surface area contributed by atoms with Crippen molar-refractivity contribution in [3.8, 4) is 11.5 Å². The number of amides is 2. The lowest BCUT2D eigenvalue weighted by Gasteiger charge is -2.45. The number of nitrogens with zero attached hydrogens (tertiary/aromatic N) is 4. The molecule has 0 aromatic heterocycles. The fourth-order valence-corrected chi connectivity index (χ4v) is 8.99. The molecule has 4 atom stereocenters. The molecule has 0 aliphatic carbocycles. The number of hydrogen-bond acceptors (Lipinski definition) is 12. The zero-order valence-electron chi connectivity index (χ0n) is 31.5. The SMILES string of the molecule is Cc1cc(C(=O)NC2CN3CCC2CC3)c2c(c1)N(C)CC(OC(=O)/C=C/C(=O)OC1CN(C)c3cc(C)cc(C(=O)NC4CN5CCC4CC5)c3O1)O2. The van der Waals surface area contributed by atoms with Crippen LogP contribution in [0.15, 0.2) is 36.4 Å². The zero-order chi connectivity index (χ0) is 37.7. The largest absolute Gasteiger partial charge is 0.450 e. The van der Waals surface area contributed by atoms with Gasteiger partial charge in [-0.1, -0.05) is 0 Å². The van der Waals surface area contributed by atoms with E-state index in [2.05, 4.69) is 20.4 Å². The van der Waals surface area contributed by atoms with E-state index in [0.717, 1.165) is 99.6 Å². The van der Waals surface area contributed by atoms with Crippen LogP contribution in [0.5, 0.6) is 11.5 Å². The number of rotatable bonds is 8. The Morgan fingerprint density at radius 1 is 0.630 bits per heavy atom. The number of aryl methyl sites for hydroxylation is 2. The molecule has 2 aromatic carbocycles. The summed E-state index contributed by atoms with van der Waals surface area (Å²) in [6.07, 6.45) is 4.22. The van der Waals surface area contributed by atoms with Crippen molar-refractivity contribution in [2.75, 3.05) is 76.3 Å². The topological polar surface area (TPSA) is 142 Å². The first kappa shape index (κ1) is 36.2. The van der Waals surface area contributed by atoms with Crippen LogP contribution < -0.4 is 29.9 Å². The molecule has 2 amide bonds. The van der Waals surface area contributed by atoms with Gasteiger partial charge in [-0.15, -0.1) is 0 Å². The Balaban J connectivity index is 0.885. The summed E-state index contributed by atoms with van der Waals surface area (Å²) in [7, 11) is 3.69. The van der Waals surface area contributed by atoms with Crippen molar-refractivity contribution in [1.82, 2.24) is 20.4 Å². The Labute approximate surface area is 315 Å².